The Bertz CT molecular complexity index is 319. The Labute approximate surface area is 79.2 Å². The van der Waals surface area contributed by atoms with Crippen LogP contribution in [0.5, 0.6) is 0 Å². The van der Waals surface area contributed by atoms with Crippen LogP contribution in [0, 0.1) is 5.92 Å². The quantitative estimate of drug-likeness (QED) is 0.634. The molecule has 13 heavy (non-hydrogen) atoms. The van der Waals surface area contributed by atoms with Gasteiger partial charge in [-0.3, -0.25) is 0 Å². The maximum atomic E-state index is 3.61. The summed E-state index contributed by atoms with van der Waals surface area (Å²) in [7, 11) is 0. The second-order valence-corrected chi connectivity index (χ2v) is 4.30. The zero-order chi connectivity index (χ0) is 8.67. The van der Waals surface area contributed by atoms with E-state index in [0.29, 0.717) is 6.04 Å². The van der Waals surface area contributed by atoms with Gasteiger partial charge in [-0.2, -0.15) is 0 Å². The van der Waals surface area contributed by atoms with Crippen molar-refractivity contribution in [3.05, 3.63) is 35.4 Å². The predicted molar refractivity (Wildman–Crippen MR) is 53.6 cm³/mol. The molecule has 1 fully saturated rings. The van der Waals surface area contributed by atoms with Crippen LogP contribution in [0.1, 0.15) is 30.0 Å². The van der Waals surface area contributed by atoms with Crippen LogP contribution < -0.4 is 5.32 Å². The fourth-order valence-corrected chi connectivity index (χ4v) is 2.79. The van der Waals surface area contributed by atoms with E-state index in [1.54, 1.807) is 11.1 Å². The highest BCUT2D eigenvalue weighted by Gasteiger charge is 2.29. The predicted octanol–water partition coefficient (Wildman–Crippen LogP) is 2.28. The van der Waals surface area contributed by atoms with E-state index in [0.717, 1.165) is 5.92 Å². The molecule has 2 aliphatic rings. The number of nitrogens with one attached hydrogen (secondary N) is 1. The largest absolute Gasteiger partial charge is 0.310 e. The van der Waals surface area contributed by atoms with Gasteiger partial charge in [0.1, 0.15) is 0 Å². The average Bonchev–Trinajstić information content (AvgIpc) is 2.18. The molecule has 0 radical (unpaired) electrons. The van der Waals surface area contributed by atoms with E-state index in [1.165, 1.54) is 25.8 Å². The maximum Gasteiger partial charge on any atom is 0.0325 e. The first kappa shape index (κ1) is 7.57. The third kappa shape index (κ3) is 1.19. The summed E-state index contributed by atoms with van der Waals surface area (Å²) in [5.74, 6) is 0.946. The van der Waals surface area contributed by atoms with Gasteiger partial charge in [0.05, 0.1) is 0 Å². The molecule has 1 aromatic carbocycles. The minimum absolute atomic E-state index is 0.656. The first-order chi connectivity index (χ1) is 6.43. The summed E-state index contributed by atoms with van der Waals surface area (Å²) < 4.78 is 0. The van der Waals surface area contributed by atoms with Gasteiger partial charge in [-0.25, -0.2) is 0 Å². The van der Waals surface area contributed by atoms with Crippen LogP contribution in [0.4, 0.5) is 0 Å². The molecular weight excluding hydrogens is 158 g/mol. The number of rotatable bonds is 0. The van der Waals surface area contributed by atoms with Gasteiger partial charge in [0.2, 0.25) is 0 Å². The van der Waals surface area contributed by atoms with E-state index >= 15 is 0 Å². The van der Waals surface area contributed by atoms with Gasteiger partial charge in [-0.05, 0) is 42.9 Å². The van der Waals surface area contributed by atoms with Crippen molar-refractivity contribution in [2.24, 2.45) is 5.92 Å². The second-order valence-electron chi connectivity index (χ2n) is 4.30. The molecular formula is C12H15N. The molecule has 68 valence electrons. The van der Waals surface area contributed by atoms with E-state index in [4.69, 9.17) is 0 Å². The zero-order valence-electron chi connectivity index (χ0n) is 7.79. The van der Waals surface area contributed by atoms with Gasteiger partial charge in [-0.1, -0.05) is 24.3 Å². The van der Waals surface area contributed by atoms with Gasteiger partial charge in [-0.15, -0.1) is 0 Å². The molecule has 2 atom stereocenters. The van der Waals surface area contributed by atoms with E-state index in [1.807, 2.05) is 0 Å². The van der Waals surface area contributed by atoms with Crippen LogP contribution in [0.15, 0.2) is 24.3 Å². The molecule has 3 rings (SSSR count). The molecule has 0 aromatic heterocycles. The summed E-state index contributed by atoms with van der Waals surface area (Å²) in [6.07, 6.45) is 4.04. The SMILES string of the molecule is c1ccc2c(c1)C[C@@H]1CCN[C@H]2C1. The minimum atomic E-state index is 0.656. The molecule has 1 nitrogen and oxygen atoms in total. The Morgan fingerprint density at radius 1 is 1.23 bits per heavy atom. The number of piperidine rings is 1. The zero-order valence-corrected chi connectivity index (χ0v) is 7.79. The lowest BCUT2D eigenvalue weighted by molar-refractivity contribution is 0.283. The van der Waals surface area contributed by atoms with E-state index in [-0.39, 0.29) is 0 Å². The Morgan fingerprint density at radius 2 is 2.15 bits per heavy atom. The van der Waals surface area contributed by atoms with Crippen LogP contribution in [-0.2, 0) is 6.42 Å². The Morgan fingerprint density at radius 3 is 3.15 bits per heavy atom. The maximum absolute atomic E-state index is 3.61. The topological polar surface area (TPSA) is 12.0 Å². The van der Waals surface area contributed by atoms with Crippen molar-refractivity contribution in [1.82, 2.24) is 5.32 Å². The van der Waals surface area contributed by atoms with Crippen LogP contribution in [-0.4, -0.2) is 6.54 Å². The molecule has 1 N–H and O–H groups in total. The molecule has 1 aromatic rings. The van der Waals surface area contributed by atoms with Crippen LogP contribution in [0.25, 0.3) is 0 Å². The summed E-state index contributed by atoms with van der Waals surface area (Å²) in [6.45, 7) is 1.21. The number of fused-ring (bicyclic) bond motifs is 4. The van der Waals surface area contributed by atoms with E-state index < -0.39 is 0 Å². The van der Waals surface area contributed by atoms with Crippen LogP contribution in [0.2, 0.25) is 0 Å². The van der Waals surface area contributed by atoms with Crippen LogP contribution in [0.3, 0.4) is 0 Å². The van der Waals surface area contributed by atoms with Gasteiger partial charge < -0.3 is 5.32 Å². The van der Waals surface area contributed by atoms with Crippen molar-refractivity contribution in [3.63, 3.8) is 0 Å². The van der Waals surface area contributed by atoms with Crippen LogP contribution >= 0.6 is 0 Å². The number of benzene rings is 1. The molecule has 1 aliphatic heterocycles. The van der Waals surface area contributed by atoms with Gasteiger partial charge in [0.25, 0.3) is 0 Å². The van der Waals surface area contributed by atoms with Crippen molar-refractivity contribution in [2.45, 2.75) is 25.3 Å². The van der Waals surface area contributed by atoms with Gasteiger partial charge in [0, 0.05) is 6.04 Å². The third-order valence-corrected chi connectivity index (χ3v) is 3.45. The Hall–Kier alpha value is -0.820. The lowest BCUT2D eigenvalue weighted by atomic mass is 9.77. The highest BCUT2D eigenvalue weighted by Crippen LogP contribution is 2.36. The molecule has 1 heteroatoms. The summed E-state index contributed by atoms with van der Waals surface area (Å²) in [5, 5.41) is 3.61. The molecule has 0 saturated carbocycles. The summed E-state index contributed by atoms with van der Waals surface area (Å²) in [6, 6.07) is 9.56. The second kappa shape index (κ2) is 2.85. The molecule has 2 bridgehead atoms. The number of hydrogen-bond acceptors (Lipinski definition) is 1. The fourth-order valence-electron chi connectivity index (χ4n) is 2.79. The molecule has 1 aliphatic carbocycles. The summed E-state index contributed by atoms with van der Waals surface area (Å²) >= 11 is 0. The lowest BCUT2D eigenvalue weighted by Crippen LogP contribution is -2.36. The fraction of sp³-hybridized carbons (Fsp3) is 0.500. The standard InChI is InChI=1S/C12H15N/c1-2-4-11-10(3-1)7-9-5-6-13-12(11)8-9/h1-4,9,12-13H,5-8H2/t9-,12-/m0/s1. The summed E-state index contributed by atoms with van der Waals surface area (Å²) in [4.78, 5) is 0. The van der Waals surface area contributed by atoms with Crippen molar-refractivity contribution >= 4 is 0 Å². The lowest BCUT2D eigenvalue weighted by Gasteiger charge is -2.36. The molecule has 0 unspecified atom stereocenters. The van der Waals surface area contributed by atoms with Crippen molar-refractivity contribution < 1.29 is 0 Å². The smallest absolute Gasteiger partial charge is 0.0325 e. The van der Waals surface area contributed by atoms with Crippen molar-refractivity contribution in [3.8, 4) is 0 Å². The van der Waals surface area contributed by atoms with E-state index in [9.17, 15) is 0 Å². The first-order valence-electron chi connectivity index (χ1n) is 5.24. The van der Waals surface area contributed by atoms with Gasteiger partial charge in [0.15, 0.2) is 0 Å². The average molecular weight is 173 g/mol. The van der Waals surface area contributed by atoms with Crippen molar-refractivity contribution in [2.75, 3.05) is 6.54 Å². The number of hydrogen-bond donors (Lipinski definition) is 1. The highest BCUT2D eigenvalue weighted by atomic mass is 14.9. The Balaban J connectivity index is 2.06. The summed E-state index contributed by atoms with van der Waals surface area (Å²) in [5.41, 5.74) is 3.13. The van der Waals surface area contributed by atoms with Crippen molar-refractivity contribution in [1.29, 1.82) is 0 Å². The van der Waals surface area contributed by atoms with E-state index in [2.05, 4.69) is 29.6 Å². The third-order valence-electron chi connectivity index (χ3n) is 3.45. The normalized spacial score (nSPS) is 31.1. The molecule has 1 saturated heterocycles. The monoisotopic (exact) mass is 173 g/mol. The molecule has 0 spiro atoms. The first-order valence-corrected chi connectivity index (χ1v) is 5.24. The Kier molecular flexibility index (Phi) is 1.66. The van der Waals surface area contributed by atoms with Gasteiger partial charge >= 0.3 is 0 Å². The minimum Gasteiger partial charge on any atom is -0.310 e. The molecule has 0 amide bonds. The highest BCUT2D eigenvalue weighted by molar-refractivity contribution is 5.33. The molecule has 1 heterocycles.